The maximum absolute atomic E-state index is 12.5. The number of halogens is 1. The normalized spacial score (nSPS) is 11.5. The summed E-state index contributed by atoms with van der Waals surface area (Å²) in [7, 11) is -3.57. The van der Waals surface area contributed by atoms with Crippen LogP contribution in [0.25, 0.3) is 5.69 Å². The van der Waals surface area contributed by atoms with Crippen LogP contribution in [-0.4, -0.2) is 23.2 Å². The number of aromatic amines is 1. The third-order valence-corrected chi connectivity index (χ3v) is 5.43. The largest absolute Gasteiger partial charge is 0.275 e. The van der Waals surface area contributed by atoms with E-state index in [9.17, 15) is 8.42 Å². The predicted octanol–water partition coefficient (Wildman–Crippen LogP) is 3.42. The minimum absolute atomic E-state index is 0.199. The van der Waals surface area contributed by atoms with Gasteiger partial charge in [-0.25, -0.2) is 8.42 Å². The van der Waals surface area contributed by atoms with Gasteiger partial charge in [0.15, 0.2) is 4.77 Å². The second-order valence-corrected chi connectivity index (χ2v) is 7.26. The molecule has 0 saturated heterocycles. The Labute approximate surface area is 137 Å². The van der Waals surface area contributed by atoms with Gasteiger partial charge in [0.25, 0.3) is 0 Å². The van der Waals surface area contributed by atoms with E-state index in [1.54, 1.807) is 28.8 Å². The van der Waals surface area contributed by atoms with E-state index in [4.69, 9.17) is 23.8 Å². The minimum Gasteiger partial charge on any atom is -0.275 e. The van der Waals surface area contributed by atoms with Gasteiger partial charge in [-0.15, -0.1) is 0 Å². The van der Waals surface area contributed by atoms with Crippen molar-refractivity contribution in [2.75, 3.05) is 0 Å². The highest BCUT2D eigenvalue weighted by atomic mass is 35.5. The molecule has 8 heteroatoms. The summed E-state index contributed by atoms with van der Waals surface area (Å²) in [6, 6.07) is 12.5. The fourth-order valence-electron chi connectivity index (χ4n) is 1.97. The van der Waals surface area contributed by atoms with Crippen LogP contribution < -0.4 is 0 Å². The number of benzene rings is 2. The van der Waals surface area contributed by atoms with Gasteiger partial charge >= 0.3 is 0 Å². The Bertz CT molecular complexity index is 958. The fourth-order valence-corrected chi connectivity index (χ4v) is 3.56. The second kappa shape index (κ2) is 5.68. The number of nitrogens with one attached hydrogen (secondary N) is 1. The Balaban J connectivity index is 2.00. The summed E-state index contributed by atoms with van der Waals surface area (Å²) in [6.45, 7) is 0. The first-order chi connectivity index (χ1) is 10.5. The van der Waals surface area contributed by atoms with Crippen LogP contribution in [0, 0.1) is 4.77 Å². The third-order valence-electron chi connectivity index (χ3n) is 3.10. The smallest absolute Gasteiger partial charge is 0.206 e. The van der Waals surface area contributed by atoms with Gasteiger partial charge in [-0.2, -0.15) is 5.10 Å². The molecule has 0 spiro atoms. The minimum atomic E-state index is -3.57. The van der Waals surface area contributed by atoms with Crippen molar-refractivity contribution in [3.8, 4) is 5.69 Å². The molecule has 0 saturated carbocycles. The van der Waals surface area contributed by atoms with E-state index in [-0.39, 0.29) is 9.79 Å². The summed E-state index contributed by atoms with van der Waals surface area (Å²) >= 11 is 10.9. The molecule has 0 bridgehead atoms. The van der Waals surface area contributed by atoms with Crippen LogP contribution in [0.4, 0.5) is 0 Å². The number of hydrogen-bond acceptors (Lipinski definition) is 4. The summed E-state index contributed by atoms with van der Waals surface area (Å²) < 4.78 is 27.1. The van der Waals surface area contributed by atoms with Crippen LogP contribution >= 0.6 is 23.8 Å². The van der Waals surface area contributed by atoms with E-state index >= 15 is 0 Å². The Morgan fingerprint density at radius 2 is 1.55 bits per heavy atom. The molecule has 0 unspecified atom stereocenters. The van der Waals surface area contributed by atoms with Crippen LogP contribution in [0.3, 0.4) is 0 Å². The van der Waals surface area contributed by atoms with E-state index in [1.807, 2.05) is 0 Å². The first-order valence-corrected chi connectivity index (χ1v) is 8.48. The van der Waals surface area contributed by atoms with Crippen molar-refractivity contribution in [3.05, 3.63) is 64.7 Å². The molecule has 0 fully saturated rings. The Kier molecular flexibility index (Phi) is 3.86. The van der Waals surface area contributed by atoms with E-state index in [0.717, 1.165) is 5.69 Å². The molecule has 0 aliphatic carbocycles. The molecule has 0 aliphatic rings. The van der Waals surface area contributed by atoms with Crippen LogP contribution in [0.1, 0.15) is 0 Å². The number of aromatic nitrogens is 3. The molecule has 0 atom stereocenters. The maximum atomic E-state index is 12.5. The lowest BCUT2D eigenvalue weighted by Crippen LogP contribution is -2.02. The first kappa shape index (κ1) is 15.0. The molecular formula is C14H10ClN3O2S2. The maximum Gasteiger partial charge on any atom is 0.206 e. The highest BCUT2D eigenvalue weighted by Crippen LogP contribution is 2.23. The Hall–Kier alpha value is -1.96. The highest BCUT2D eigenvalue weighted by molar-refractivity contribution is 7.91. The molecule has 0 amide bonds. The third kappa shape index (κ3) is 2.70. The fraction of sp³-hybridized carbons (Fsp3) is 0. The average Bonchev–Trinajstić information content (AvgIpc) is 2.94. The number of H-pyrrole nitrogens is 1. The van der Waals surface area contributed by atoms with Crippen molar-refractivity contribution in [3.63, 3.8) is 0 Å². The lowest BCUT2D eigenvalue weighted by Gasteiger charge is -2.06. The van der Waals surface area contributed by atoms with Gasteiger partial charge in [-0.3, -0.25) is 9.67 Å². The van der Waals surface area contributed by atoms with Gasteiger partial charge in [-0.1, -0.05) is 11.6 Å². The lowest BCUT2D eigenvalue weighted by molar-refractivity contribution is 0.596. The Morgan fingerprint density at radius 1 is 1.00 bits per heavy atom. The number of nitrogens with zero attached hydrogens (tertiary/aromatic N) is 2. The van der Waals surface area contributed by atoms with Crippen molar-refractivity contribution < 1.29 is 8.42 Å². The quantitative estimate of drug-likeness (QED) is 0.734. The van der Waals surface area contributed by atoms with E-state index < -0.39 is 9.84 Å². The highest BCUT2D eigenvalue weighted by Gasteiger charge is 2.17. The summed E-state index contributed by atoms with van der Waals surface area (Å²) in [5, 5.41) is 6.96. The molecular weight excluding hydrogens is 342 g/mol. The van der Waals surface area contributed by atoms with Gasteiger partial charge in [0.05, 0.1) is 9.79 Å². The second-order valence-electron chi connectivity index (χ2n) is 4.48. The van der Waals surface area contributed by atoms with E-state index in [0.29, 0.717) is 9.79 Å². The molecule has 112 valence electrons. The molecule has 3 rings (SSSR count). The summed E-state index contributed by atoms with van der Waals surface area (Å²) in [5.41, 5.74) is 0.730. The number of rotatable bonds is 3. The summed E-state index contributed by atoms with van der Waals surface area (Å²) in [6.07, 6.45) is 1.53. The summed E-state index contributed by atoms with van der Waals surface area (Å²) in [5.74, 6) is 0. The number of hydrogen-bond donors (Lipinski definition) is 1. The van der Waals surface area contributed by atoms with Crippen molar-refractivity contribution in [2.45, 2.75) is 9.79 Å². The van der Waals surface area contributed by atoms with Crippen molar-refractivity contribution in [1.82, 2.24) is 14.8 Å². The monoisotopic (exact) mass is 351 g/mol. The van der Waals surface area contributed by atoms with Gasteiger partial charge in [-0.05, 0) is 60.7 Å². The molecule has 0 aliphatic heterocycles. The van der Waals surface area contributed by atoms with Crippen LogP contribution in [-0.2, 0) is 9.84 Å². The zero-order chi connectivity index (χ0) is 15.7. The van der Waals surface area contributed by atoms with Crippen LogP contribution in [0.2, 0.25) is 5.02 Å². The van der Waals surface area contributed by atoms with Crippen molar-refractivity contribution in [1.29, 1.82) is 0 Å². The zero-order valence-electron chi connectivity index (χ0n) is 11.1. The van der Waals surface area contributed by atoms with Gasteiger partial charge in [0, 0.05) is 10.7 Å². The van der Waals surface area contributed by atoms with Crippen molar-refractivity contribution >= 4 is 33.7 Å². The van der Waals surface area contributed by atoms with Crippen molar-refractivity contribution in [2.24, 2.45) is 0 Å². The van der Waals surface area contributed by atoms with Gasteiger partial charge in [0.1, 0.15) is 6.33 Å². The van der Waals surface area contributed by atoms with Gasteiger partial charge in [0.2, 0.25) is 9.84 Å². The van der Waals surface area contributed by atoms with Crippen LogP contribution in [0.5, 0.6) is 0 Å². The SMILES string of the molecule is O=S(=O)(c1ccc(Cl)cc1)c1ccc(-n2cn[nH]c2=S)cc1. The molecule has 1 aromatic heterocycles. The standard InChI is InChI=1S/C14H10ClN3O2S2/c15-10-1-5-12(6-2-10)22(19,20)13-7-3-11(4-8-13)18-9-16-17-14(18)21/h1-9H,(H,17,21). The van der Waals surface area contributed by atoms with E-state index in [2.05, 4.69) is 10.2 Å². The van der Waals surface area contributed by atoms with E-state index in [1.165, 1.54) is 30.6 Å². The molecule has 5 nitrogen and oxygen atoms in total. The lowest BCUT2D eigenvalue weighted by atomic mass is 10.3. The first-order valence-electron chi connectivity index (χ1n) is 6.21. The predicted molar refractivity (Wildman–Crippen MR) is 85.7 cm³/mol. The molecule has 1 N–H and O–H groups in total. The molecule has 2 aromatic carbocycles. The molecule has 3 aromatic rings. The average molecular weight is 352 g/mol. The zero-order valence-corrected chi connectivity index (χ0v) is 13.5. The molecule has 22 heavy (non-hydrogen) atoms. The van der Waals surface area contributed by atoms with Gasteiger partial charge < -0.3 is 0 Å². The Morgan fingerprint density at radius 3 is 2.05 bits per heavy atom. The molecule has 1 heterocycles. The number of sulfone groups is 1. The van der Waals surface area contributed by atoms with Crippen LogP contribution in [0.15, 0.2) is 64.6 Å². The topological polar surface area (TPSA) is 67.8 Å². The molecule has 0 radical (unpaired) electrons. The summed E-state index contributed by atoms with van der Waals surface area (Å²) in [4.78, 5) is 0.401.